The van der Waals surface area contributed by atoms with E-state index in [1.807, 2.05) is 0 Å². The molecular weight excluding hydrogens is 479 g/mol. The molecule has 0 aliphatic heterocycles. The number of nitrogens with one attached hydrogen (secondary N) is 2. The molecule has 168 valence electrons. The Bertz CT molecular complexity index is 453. The molecule has 2 aliphatic carbocycles. The van der Waals surface area contributed by atoms with Gasteiger partial charge in [-0.15, -0.1) is 0 Å². The summed E-state index contributed by atoms with van der Waals surface area (Å²) in [5.41, 5.74) is 16.5. The van der Waals surface area contributed by atoms with E-state index >= 15 is 0 Å². The minimum absolute atomic E-state index is 0.0842. The molecule has 0 bridgehead atoms. The van der Waals surface area contributed by atoms with Crippen LogP contribution in [0.1, 0.15) is 104 Å². The van der Waals surface area contributed by atoms with Gasteiger partial charge in [0, 0.05) is 0 Å². The molecular formula is C20H42N4O4Sn+2. The zero-order chi connectivity index (χ0) is 21.0. The fourth-order valence-corrected chi connectivity index (χ4v) is 12.2. The predicted octanol–water partition coefficient (Wildman–Crippen LogP) is 6.51. The van der Waals surface area contributed by atoms with Gasteiger partial charge in [0.25, 0.3) is 0 Å². The van der Waals surface area contributed by atoms with E-state index in [1.54, 1.807) is 0 Å². The number of hydrogen-bond acceptors (Lipinski definition) is 6. The first kappa shape index (κ1) is 24.8. The molecule has 0 heterocycles. The summed E-state index contributed by atoms with van der Waals surface area (Å²) in [6.45, 7) is 4.30. The summed E-state index contributed by atoms with van der Waals surface area (Å²) < 4.78 is 13.6. The van der Waals surface area contributed by atoms with Crippen molar-refractivity contribution in [1.29, 1.82) is 11.1 Å². The molecule has 2 saturated carbocycles. The van der Waals surface area contributed by atoms with Gasteiger partial charge in [-0.3, -0.25) is 0 Å². The Labute approximate surface area is 180 Å². The van der Waals surface area contributed by atoms with Crippen LogP contribution in [0, 0.1) is 11.1 Å². The third-order valence-electron chi connectivity index (χ3n) is 6.17. The van der Waals surface area contributed by atoms with Crippen molar-refractivity contribution >= 4 is 19.2 Å². The van der Waals surface area contributed by atoms with E-state index in [0.29, 0.717) is 0 Å². The zero-order valence-electron chi connectivity index (χ0n) is 18.5. The van der Waals surface area contributed by atoms with Gasteiger partial charge < -0.3 is 0 Å². The van der Waals surface area contributed by atoms with Crippen molar-refractivity contribution in [2.45, 2.75) is 125 Å². The summed E-state index contributed by atoms with van der Waals surface area (Å²) in [5.74, 6) is 0. The molecule has 0 saturated heterocycles. The Morgan fingerprint density at radius 2 is 1.07 bits per heavy atom. The number of nitrogens with zero attached hydrogens (tertiary/aromatic N) is 2. The molecule has 0 aromatic carbocycles. The van der Waals surface area contributed by atoms with Gasteiger partial charge >= 0.3 is 181 Å². The van der Waals surface area contributed by atoms with Crippen molar-refractivity contribution in [3.63, 3.8) is 0 Å². The summed E-state index contributed by atoms with van der Waals surface area (Å²) >= 11 is -3.76. The van der Waals surface area contributed by atoms with Gasteiger partial charge in [0.1, 0.15) is 0 Å². The third kappa shape index (κ3) is 8.65. The predicted molar refractivity (Wildman–Crippen MR) is 109 cm³/mol. The molecule has 0 atom stereocenters. The second-order valence-corrected chi connectivity index (χ2v) is 17.7. The van der Waals surface area contributed by atoms with E-state index < -0.39 is 19.2 Å². The zero-order valence-corrected chi connectivity index (χ0v) is 21.3. The van der Waals surface area contributed by atoms with Crippen LogP contribution in [0.3, 0.4) is 0 Å². The molecule has 9 heteroatoms. The molecule has 2 N–H and O–H groups in total. The van der Waals surface area contributed by atoms with Crippen molar-refractivity contribution in [3.05, 3.63) is 0 Å². The maximum absolute atomic E-state index is 8.25. The topological polar surface area (TPSA) is 90.6 Å². The normalized spacial score (nSPS) is 19.1. The number of unbranched alkanes of at least 4 members (excludes halogenated alkanes) is 2. The molecule has 0 amide bonds. The minimum atomic E-state index is -3.76. The molecule has 0 aromatic heterocycles. The first-order valence-electron chi connectivity index (χ1n) is 11.8. The fraction of sp³-hybridized carbons (Fsp3) is 1.00. The van der Waals surface area contributed by atoms with Crippen molar-refractivity contribution in [2.24, 2.45) is 0 Å². The molecule has 0 unspecified atom stereocenters. The Morgan fingerprint density at radius 1 is 0.690 bits per heavy atom. The molecule has 0 aromatic rings. The van der Waals surface area contributed by atoms with Crippen LogP contribution in [0.15, 0.2) is 0 Å². The van der Waals surface area contributed by atoms with Gasteiger partial charge in [0.2, 0.25) is 0 Å². The monoisotopic (exact) mass is 522 g/mol. The van der Waals surface area contributed by atoms with Crippen LogP contribution in [0.4, 0.5) is 0 Å². The molecule has 0 radical (unpaired) electrons. The van der Waals surface area contributed by atoms with E-state index in [2.05, 4.69) is 13.8 Å². The van der Waals surface area contributed by atoms with Crippen molar-refractivity contribution in [2.75, 3.05) is 0 Å². The SMILES string of the molecule is CCC[CH2][Sn]([CH2]CCC)([O]O[N+](=N)C1CCCCC1)[O]O[N+](=N)C1CCCCC1. The summed E-state index contributed by atoms with van der Waals surface area (Å²) in [6.07, 6.45) is 14.9. The number of rotatable bonds is 14. The van der Waals surface area contributed by atoms with Gasteiger partial charge in [0.15, 0.2) is 0 Å². The average molecular weight is 521 g/mol. The Morgan fingerprint density at radius 3 is 1.41 bits per heavy atom. The summed E-state index contributed by atoms with van der Waals surface area (Å²) in [6, 6.07) is 0.168. The van der Waals surface area contributed by atoms with Crippen LogP contribution in [0.25, 0.3) is 0 Å². The van der Waals surface area contributed by atoms with Crippen LogP contribution in [-0.2, 0) is 16.4 Å². The van der Waals surface area contributed by atoms with Crippen LogP contribution in [0.2, 0.25) is 8.87 Å². The second-order valence-electron chi connectivity index (χ2n) is 8.67. The molecule has 2 fully saturated rings. The van der Waals surface area contributed by atoms with Gasteiger partial charge in [-0.2, -0.15) is 0 Å². The van der Waals surface area contributed by atoms with Crippen molar-refractivity contribution in [1.82, 2.24) is 0 Å². The molecule has 0 spiro atoms. The van der Waals surface area contributed by atoms with Crippen LogP contribution < -0.4 is 0 Å². The third-order valence-corrected chi connectivity index (χ3v) is 14.7. The quantitative estimate of drug-likeness (QED) is 0.0897. The van der Waals surface area contributed by atoms with Crippen LogP contribution in [-0.4, -0.2) is 41.0 Å². The molecule has 29 heavy (non-hydrogen) atoms. The summed E-state index contributed by atoms with van der Waals surface area (Å²) in [7, 11) is 0. The second kappa shape index (κ2) is 13.7. The van der Waals surface area contributed by atoms with E-state index in [0.717, 1.165) is 95.6 Å². The number of hydroxylamine groups is 2. The number of hydrogen-bond donors (Lipinski definition) is 2. The van der Waals surface area contributed by atoms with Crippen molar-refractivity contribution in [3.8, 4) is 0 Å². The summed E-state index contributed by atoms with van der Waals surface area (Å²) in [4.78, 5) is 13.3. The average Bonchev–Trinajstić information content (AvgIpc) is 2.78. The molecule has 8 nitrogen and oxygen atoms in total. The molecule has 2 rings (SSSR count). The molecule has 2 aliphatic rings. The van der Waals surface area contributed by atoms with Crippen molar-refractivity contribution < 1.29 is 26.1 Å². The van der Waals surface area contributed by atoms with Crippen LogP contribution in [0.5, 0.6) is 0 Å². The van der Waals surface area contributed by atoms with E-state index in [4.69, 9.17) is 27.5 Å². The van der Waals surface area contributed by atoms with E-state index in [1.165, 1.54) is 12.8 Å². The Balaban J connectivity index is 1.97. The van der Waals surface area contributed by atoms with Gasteiger partial charge in [0.05, 0.1) is 0 Å². The van der Waals surface area contributed by atoms with Crippen LogP contribution >= 0.6 is 0 Å². The van der Waals surface area contributed by atoms with Gasteiger partial charge in [-0.05, 0) is 0 Å². The Kier molecular flexibility index (Phi) is 11.7. The first-order chi connectivity index (χ1) is 14.1. The van der Waals surface area contributed by atoms with E-state index in [-0.39, 0.29) is 12.1 Å². The van der Waals surface area contributed by atoms with Gasteiger partial charge in [-0.1, -0.05) is 0 Å². The summed E-state index contributed by atoms with van der Waals surface area (Å²) in [5, 5.41) is 0. The fourth-order valence-electron chi connectivity index (χ4n) is 4.17. The van der Waals surface area contributed by atoms with E-state index in [9.17, 15) is 0 Å². The first-order valence-corrected chi connectivity index (χ1v) is 18.2. The van der Waals surface area contributed by atoms with Gasteiger partial charge in [-0.25, -0.2) is 0 Å². The standard InChI is InChI=1S/2C6H12N2O2.2C4H9.Sn/c2*7-8(10-9)6-4-2-1-3-5-6;2*1-3-4-2;/h2*6-7H,1-5H2;2*1,3-4H2,2H3;/q;;;;+2. The Hall–Kier alpha value is -0.481. The maximum atomic E-state index is 8.25.